The zero-order chi connectivity index (χ0) is 15.6. The summed E-state index contributed by atoms with van der Waals surface area (Å²) in [6, 6.07) is 7.44. The van der Waals surface area contributed by atoms with Gasteiger partial charge < -0.3 is 10.6 Å². The topological polar surface area (TPSA) is 29.3 Å². The maximum absolute atomic E-state index is 6.43. The van der Waals surface area contributed by atoms with Crippen LogP contribution in [0.3, 0.4) is 0 Å². The zero-order valence-electron chi connectivity index (χ0n) is 14.4. The number of rotatable bonds is 4. The minimum atomic E-state index is 0.115. The average Bonchev–Trinajstić information content (AvgIpc) is 2.41. The van der Waals surface area contributed by atoms with Crippen molar-refractivity contribution in [3.63, 3.8) is 0 Å². The van der Waals surface area contributed by atoms with Crippen molar-refractivity contribution < 1.29 is 0 Å². The molecule has 0 bridgehead atoms. The van der Waals surface area contributed by atoms with E-state index in [9.17, 15) is 0 Å². The Morgan fingerprint density at radius 3 is 2.38 bits per heavy atom. The summed E-state index contributed by atoms with van der Waals surface area (Å²) in [6.07, 6.45) is 5.29. The Morgan fingerprint density at radius 2 is 1.81 bits per heavy atom. The van der Waals surface area contributed by atoms with Gasteiger partial charge in [0.2, 0.25) is 0 Å². The van der Waals surface area contributed by atoms with Gasteiger partial charge in [0.1, 0.15) is 0 Å². The normalized spacial score (nSPS) is 20.7. The molecule has 118 valence electrons. The Hall–Kier alpha value is -0.860. The molecule has 1 aromatic rings. The summed E-state index contributed by atoms with van der Waals surface area (Å²) >= 11 is 0. The molecule has 2 heteroatoms. The molecule has 0 heterocycles. The van der Waals surface area contributed by atoms with Crippen LogP contribution < -0.4 is 5.73 Å². The molecule has 2 N–H and O–H groups in total. The van der Waals surface area contributed by atoms with Gasteiger partial charge in [0.15, 0.2) is 0 Å². The van der Waals surface area contributed by atoms with Gasteiger partial charge in [0.05, 0.1) is 0 Å². The second-order valence-electron chi connectivity index (χ2n) is 7.79. The first-order chi connectivity index (χ1) is 9.78. The van der Waals surface area contributed by atoms with Gasteiger partial charge in [-0.1, -0.05) is 32.0 Å². The number of nitrogens with two attached hydrogens (primary N) is 1. The van der Waals surface area contributed by atoms with Gasteiger partial charge in [-0.25, -0.2) is 0 Å². The molecule has 0 saturated heterocycles. The Labute approximate surface area is 130 Å². The van der Waals surface area contributed by atoms with Crippen LogP contribution in [0.4, 0.5) is 0 Å². The summed E-state index contributed by atoms with van der Waals surface area (Å²) in [6.45, 7) is 10.1. The monoisotopic (exact) mass is 288 g/mol. The van der Waals surface area contributed by atoms with Crippen LogP contribution in [0.1, 0.15) is 62.3 Å². The molecule has 1 unspecified atom stereocenters. The predicted octanol–water partition coefficient (Wildman–Crippen LogP) is 4.20. The molecule has 1 fully saturated rings. The van der Waals surface area contributed by atoms with Crippen LogP contribution in [-0.4, -0.2) is 24.5 Å². The number of hydrogen-bond donors (Lipinski definition) is 1. The van der Waals surface area contributed by atoms with E-state index < -0.39 is 0 Å². The first-order valence-electron chi connectivity index (χ1n) is 8.31. The maximum atomic E-state index is 6.43. The Morgan fingerprint density at radius 1 is 1.19 bits per heavy atom. The third-order valence-corrected chi connectivity index (χ3v) is 5.38. The van der Waals surface area contributed by atoms with Gasteiger partial charge in [0.25, 0.3) is 0 Å². The van der Waals surface area contributed by atoms with E-state index in [0.717, 1.165) is 6.54 Å². The van der Waals surface area contributed by atoms with Crippen molar-refractivity contribution in [3.8, 4) is 0 Å². The van der Waals surface area contributed by atoms with E-state index >= 15 is 0 Å². The van der Waals surface area contributed by atoms with Gasteiger partial charge in [-0.15, -0.1) is 0 Å². The molecule has 0 radical (unpaired) electrons. The van der Waals surface area contributed by atoms with Crippen LogP contribution in [-0.2, 0) is 0 Å². The lowest BCUT2D eigenvalue weighted by molar-refractivity contribution is 0.123. The molecule has 0 aromatic heterocycles. The summed E-state index contributed by atoms with van der Waals surface area (Å²) in [4.78, 5) is 2.48. The highest BCUT2D eigenvalue weighted by Gasteiger charge is 2.29. The van der Waals surface area contributed by atoms with Crippen molar-refractivity contribution in [3.05, 3.63) is 34.9 Å². The highest BCUT2D eigenvalue weighted by Crippen LogP contribution is 2.36. The summed E-state index contributed by atoms with van der Waals surface area (Å²) in [5.74, 6) is 0. The zero-order valence-corrected chi connectivity index (χ0v) is 14.4. The first kappa shape index (κ1) is 16.5. The van der Waals surface area contributed by atoms with E-state index in [4.69, 9.17) is 5.73 Å². The minimum Gasteiger partial charge on any atom is -0.323 e. The minimum absolute atomic E-state index is 0.115. The summed E-state index contributed by atoms with van der Waals surface area (Å²) in [7, 11) is 2.24. The van der Waals surface area contributed by atoms with Crippen LogP contribution in [0.15, 0.2) is 18.2 Å². The largest absolute Gasteiger partial charge is 0.323 e. The number of hydrogen-bond acceptors (Lipinski definition) is 2. The summed E-state index contributed by atoms with van der Waals surface area (Å²) in [5, 5.41) is 0. The lowest BCUT2D eigenvalue weighted by atomic mass is 9.75. The van der Waals surface area contributed by atoms with Crippen molar-refractivity contribution in [2.24, 2.45) is 11.1 Å². The molecule has 0 amide bonds. The SMILES string of the molecule is Cc1ccc(C(N)CN(C)C2CCC(C)(C)CC2)cc1C. The maximum Gasteiger partial charge on any atom is 0.0424 e. The lowest BCUT2D eigenvalue weighted by Gasteiger charge is -2.39. The van der Waals surface area contributed by atoms with Crippen molar-refractivity contribution in [1.82, 2.24) is 4.90 Å². The Bertz CT molecular complexity index is 468. The first-order valence-corrected chi connectivity index (χ1v) is 8.31. The van der Waals surface area contributed by atoms with E-state index in [-0.39, 0.29) is 6.04 Å². The fourth-order valence-corrected chi connectivity index (χ4v) is 3.38. The number of aryl methyl sites for hydroxylation is 2. The Balaban J connectivity index is 1.93. The standard InChI is InChI=1S/C19H32N2/c1-14-6-7-16(12-15(14)2)18(20)13-21(5)17-8-10-19(3,4)11-9-17/h6-7,12,17-18H,8-11,13,20H2,1-5H3. The number of nitrogens with zero attached hydrogens (tertiary/aromatic N) is 1. The van der Waals surface area contributed by atoms with Crippen molar-refractivity contribution in [2.75, 3.05) is 13.6 Å². The lowest BCUT2D eigenvalue weighted by Crippen LogP contribution is -2.40. The molecule has 1 saturated carbocycles. The smallest absolute Gasteiger partial charge is 0.0424 e. The molecule has 1 atom stereocenters. The predicted molar refractivity (Wildman–Crippen MR) is 91.5 cm³/mol. The fourth-order valence-electron chi connectivity index (χ4n) is 3.38. The van der Waals surface area contributed by atoms with Gasteiger partial charge in [-0.3, -0.25) is 0 Å². The van der Waals surface area contributed by atoms with Crippen molar-refractivity contribution in [2.45, 2.75) is 65.5 Å². The fraction of sp³-hybridized carbons (Fsp3) is 0.684. The molecule has 1 aliphatic rings. The molecule has 2 nitrogen and oxygen atoms in total. The van der Waals surface area contributed by atoms with E-state index in [1.54, 1.807) is 0 Å². The second kappa shape index (κ2) is 6.50. The third kappa shape index (κ3) is 4.31. The number of benzene rings is 1. The molecular formula is C19H32N2. The molecule has 1 aliphatic carbocycles. The highest BCUT2D eigenvalue weighted by atomic mass is 15.1. The van der Waals surface area contributed by atoms with Gasteiger partial charge >= 0.3 is 0 Å². The average molecular weight is 288 g/mol. The highest BCUT2D eigenvalue weighted by molar-refractivity contribution is 5.31. The van der Waals surface area contributed by atoms with Gasteiger partial charge in [-0.05, 0) is 68.7 Å². The third-order valence-electron chi connectivity index (χ3n) is 5.38. The van der Waals surface area contributed by atoms with Crippen LogP contribution in [0.25, 0.3) is 0 Å². The van der Waals surface area contributed by atoms with Gasteiger partial charge in [0, 0.05) is 18.6 Å². The van der Waals surface area contributed by atoms with Gasteiger partial charge in [-0.2, -0.15) is 0 Å². The molecular weight excluding hydrogens is 256 g/mol. The second-order valence-corrected chi connectivity index (χ2v) is 7.79. The van der Waals surface area contributed by atoms with Crippen LogP contribution in [0, 0.1) is 19.3 Å². The van der Waals surface area contributed by atoms with Crippen molar-refractivity contribution in [1.29, 1.82) is 0 Å². The molecule has 21 heavy (non-hydrogen) atoms. The van der Waals surface area contributed by atoms with Crippen LogP contribution in [0.5, 0.6) is 0 Å². The molecule has 2 rings (SSSR count). The van der Waals surface area contributed by atoms with E-state index in [1.165, 1.54) is 42.4 Å². The summed E-state index contributed by atoms with van der Waals surface area (Å²) < 4.78 is 0. The molecule has 0 spiro atoms. The quantitative estimate of drug-likeness (QED) is 0.899. The van der Waals surface area contributed by atoms with Crippen molar-refractivity contribution >= 4 is 0 Å². The van der Waals surface area contributed by atoms with Crippen LogP contribution >= 0.6 is 0 Å². The number of likely N-dealkylation sites (N-methyl/N-ethyl adjacent to an activating group) is 1. The summed E-state index contributed by atoms with van der Waals surface area (Å²) in [5.41, 5.74) is 10.9. The van der Waals surface area contributed by atoms with E-state index in [2.05, 4.69) is 57.8 Å². The molecule has 0 aliphatic heterocycles. The van der Waals surface area contributed by atoms with E-state index in [1.807, 2.05) is 0 Å². The van der Waals surface area contributed by atoms with Crippen LogP contribution in [0.2, 0.25) is 0 Å². The van der Waals surface area contributed by atoms with E-state index in [0.29, 0.717) is 11.5 Å². The Kier molecular flexibility index (Phi) is 5.11. The molecule has 1 aromatic carbocycles.